The van der Waals surface area contributed by atoms with Crippen LogP contribution in [0, 0.1) is 59.2 Å². The van der Waals surface area contributed by atoms with E-state index in [2.05, 4.69) is 47.3 Å². The fourth-order valence-electron chi connectivity index (χ4n) is 22.7. The Morgan fingerprint density at radius 2 is 0.375 bits per heavy atom. The largest absolute Gasteiger partial charge is 0.294 e. The van der Waals surface area contributed by atoms with Gasteiger partial charge in [0.05, 0.1) is 0 Å². The Balaban J connectivity index is 0.996. The van der Waals surface area contributed by atoms with E-state index < -0.39 is 0 Å². The molecule has 12 aliphatic carbocycles. The minimum Gasteiger partial charge on any atom is -0.294 e. The Labute approximate surface area is 446 Å². The third-order valence-corrected chi connectivity index (χ3v) is 26.2. The minimum absolute atomic E-state index is 0.841. The Bertz CT molecular complexity index is 1390. The highest BCUT2D eigenvalue weighted by Crippen LogP contribution is 2.64. The van der Waals surface area contributed by atoms with Crippen molar-refractivity contribution in [1.82, 2.24) is 19.6 Å². The standard InChI is InChI=1S/C68H118N4/c1-47-25-33-55(34-26-47)69(51-17-9-5-10-18-51)63-45-64(70(52-19-11-6-12-20-52)56-35-27-48(2)28-36-56)60-43-44-62-66(72(54-23-15-8-16-24-54)58-39-31-50(4)32-40-58)46-65(61-42-41-59(63)67(60)68(61)62)71(53-21-13-7-14-22-53)57-37-29-49(3)30-38-57/h47-68H,5-46H2,1-4H3. The molecule has 12 aliphatic rings. The van der Waals surface area contributed by atoms with Crippen LogP contribution in [0.3, 0.4) is 0 Å². The van der Waals surface area contributed by atoms with Crippen molar-refractivity contribution in [1.29, 1.82) is 0 Å². The normalized spacial score (nSPS) is 45.7. The van der Waals surface area contributed by atoms with Crippen LogP contribution in [0.1, 0.15) is 297 Å². The highest BCUT2D eigenvalue weighted by atomic mass is 15.3. The minimum atomic E-state index is 0.841. The van der Waals surface area contributed by atoms with Gasteiger partial charge >= 0.3 is 0 Å². The SMILES string of the molecule is CC1CCC(N(C2CCCCC2)C2CC(N(C3CCCCC3)C3CCC(C)CC3)C3CCC4C5C(CCC2C35)C(N(C2CCCCC2)C2CCC(C)CC2)CC4N(C2CCCCC2)C2CCC(C)CC2)CC1. The van der Waals surface area contributed by atoms with Gasteiger partial charge in [0.15, 0.2) is 0 Å². The van der Waals surface area contributed by atoms with Gasteiger partial charge in [-0.1, -0.05) is 105 Å². The van der Waals surface area contributed by atoms with Crippen LogP contribution in [0.2, 0.25) is 0 Å². The molecule has 4 heteroatoms. The maximum absolute atomic E-state index is 3.55. The molecule has 0 aliphatic heterocycles. The summed E-state index contributed by atoms with van der Waals surface area (Å²) in [6.45, 7) is 10.5. The topological polar surface area (TPSA) is 13.0 Å². The fourth-order valence-corrected chi connectivity index (χ4v) is 22.7. The van der Waals surface area contributed by atoms with Crippen LogP contribution in [0.15, 0.2) is 0 Å². The second-order valence-corrected chi connectivity index (χ2v) is 30.3. The number of rotatable bonds is 12. The van der Waals surface area contributed by atoms with Gasteiger partial charge in [-0.25, -0.2) is 0 Å². The predicted molar refractivity (Wildman–Crippen MR) is 304 cm³/mol. The van der Waals surface area contributed by atoms with Crippen LogP contribution in [-0.4, -0.2) is 92.1 Å². The first kappa shape index (κ1) is 52.5. The van der Waals surface area contributed by atoms with Gasteiger partial charge in [-0.2, -0.15) is 0 Å². The summed E-state index contributed by atoms with van der Waals surface area (Å²) in [5, 5.41) is 0. The van der Waals surface area contributed by atoms with Crippen molar-refractivity contribution in [3.8, 4) is 0 Å². The van der Waals surface area contributed by atoms with Crippen molar-refractivity contribution < 1.29 is 0 Å². The molecule has 0 aromatic rings. The molecule has 72 heavy (non-hydrogen) atoms. The van der Waals surface area contributed by atoms with Crippen LogP contribution < -0.4 is 0 Å². The molecule has 8 unspecified atom stereocenters. The Kier molecular flexibility index (Phi) is 17.6. The summed E-state index contributed by atoms with van der Waals surface area (Å²) in [4.78, 5) is 14.2. The molecule has 12 rings (SSSR count). The van der Waals surface area contributed by atoms with Gasteiger partial charge in [0, 0.05) is 72.5 Å². The lowest BCUT2D eigenvalue weighted by Crippen LogP contribution is -2.72. The fraction of sp³-hybridized carbons (Fsp3) is 1.00. The van der Waals surface area contributed by atoms with Crippen LogP contribution in [0.25, 0.3) is 0 Å². The Morgan fingerprint density at radius 3 is 0.569 bits per heavy atom. The molecule has 0 N–H and O–H groups in total. The molecule has 12 fully saturated rings. The van der Waals surface area contributed by atoms with Gasteiger partial charge in [-0.15, -0.1) is 0 Å². The molecule has 0 aromatic carbocycles. The van der Waals surface area contributed by atoms with E-state index in [9.17, 15) is 0 Å². The summed E-state index contributed by atoms with van der Waals surface area (Å²) in [5.41, 5.74) is 0. The van der Waals surface area contributed by atoms with Gasteiger partial charge in [0.1, 0.15) is 0 Å². The maximum atomic E-state index is 3.55. The molecule has 0 saturated heterocycles. The zero-order chi connectivity index (χ0) is 48.7. The van der Waals surface area contributed by atoms with Crippen molar-refractivity contribution in [2.24, 2.45) is 59.2 Å². The number of hydrogen-bond acceptors (Lipinski definition) is 4. The quantitative estimate of drug-likeness (QED) is 0.193. The monoisotopic (exact) mass is 991 g/mol. The van der Waals surface area contributed by atoms with Gasteiger partial charge < -0.3 is 0 Å². The maximum Gasteiger partial charge on any atom is 0.0147 e. The van der Waals surface area contributed by atoms with Gasteiger partial charge in [-0.3, -0.25) is 19.6 Å². The smallest absolute Gasteiger partial charge is 0.0147 e. The molecule has 0 radical (unpaired) electrons. The van der Waals surface area contributed by atoms with Gasteiger partial charge in [0.2, 0.25) is 0 Å². The van der Waals surface area contributed by atoms with Crippen molar-refractivity contribution >= 4 is 0 Å². The predicted octanol–water partition coefficient (Wildman–Crippen LogP) is 17.4. The van der Waals surface area contributed by atoms with E-state index in [1.807, 2.05) is 0 Å². The summed E-state index contributed by atoms with van der Waals surface area (Å²) in [6.07, 6.45) is 63.9. The third-order valence-electron chi connectivity index (χ3n) is 26.2. The van der Waals surface area contributed by atoms with Crippen LogP contribution in [0.5, 0.6) is 0 Å². The lowest BCUT2D eigenvalue weighted by molar-refractivity contribution is -0.196. The van der Waals surface area contributed by atoms with E-state index in [1.165, 1.54) is 231 Å². The van der Waals surface area contributed by atoms with E-state index in [-0.39, 0.29) is 0 Å². The molecule has 0 aromatic heterocycles. The number of hydrogen-bond donors (Lipinski definition) is 0. The second kappa shape index (κ2) is 24.1. The van der Waals surface area contributed by atoms with Crippen molar-refractivity contribution in [3.63, 3.8) is 0 Å². The molecule has 0 spiro atoms. The van der Waals surface area contributed by atoms with Crippen LogP contribution in [-0.2, 0) is 0 Å². The van der Waals surface area contributed by atoms with Crippen LogP contribution in [0.4, 0.5) is 0 Å². The lowest BCUT2D eigenvalue weighted by Gasteiger charge is -2.69. The van der Waals surface area contributed by atoms with E-state index >= 15 is 0 Å². The van der Waals surface area contributed by atoms with E-state index in [0.717, 1.165) is 132 Å². The molecule has 0 amide bonds. The zero-order valence-electron chi connectivity index (χ0n) is 48.2. The summed E-state index contributed by atoms with van der Waals surface area (Å²) in [6, 6.07) is 10.3. The molecule has 4 nitrogen and oxygen atoms in total. The summed E-state index contributed by atoms with van der Waals surface area (Å²) in [7, 11) is 0. The highest BCUT2D eigenvalue weighted by Gasteiger charge is 2.64. The van der Waals surface area contributed by atoms with Crippen LogP contribution >= 0.6 is 0 Å². The molecule has 410 valence electrons. The molecular formula is C68H118N4. The first-order chi connectivity index (χ1) is 35.4. The molecule has 0 heterocycles. The lowest BCUT2D eigenvalue weighted by atomic mass is 9.44. The van der Waals surface area contributed by atoms with E-state index in [4.69, 9.17) is 0 Å². The average Bonchev–Trinajstić information content (AvgIpc) is 3.42. The summed E-state index contributed by atoms with van der Waals surface area (Å²) < 4.78 is 0. The first-order valence-corrected chi connectivity index (χ1v) is 34.5. The van der Waals surface area contributed by atoms with E-state index in [0.29, 0.717) is 0 Å². The Hall–Kier alpha value is -0.160. The second-order valence-electron chi connectivity index (χ2n) is 30.3. The highest BCUT2D eigenvalue weighted by molar-refractivity contribution is 5.16. The van der Waals surface area contributed by atoms with Crippen molar-refractivity contribution in [3.05, 3.63) is 0 Å². The molecule has 12 saturated carbocycles. The third kappa shape index (κ3) is 11.0. The molecular weight excluding hydrogens is 873 g/mol. The van der Waals surface area contributed by atoms with Crippen molar-refractivity contribution in [2.45, 2.75) is 370 Å². The zero-order valence-corrected chi connectivity index (χ0v) is 48.2. The average molecular weight is 992 g/mol. The first-order valence-electron chi connectivity index (χ1n) is 34.5. The van der Waals surface area contributed by atoms with Crippen molar-refractivity contribution in [2.75, 3.05) is 0 Å². The van der Waals surface area contributed by atoms with E-state index in [1.54, 1.807) is 38.5 Å². The molecule has 0 bridgehead atoms. The molecule has 8 atom stereocenters. The Morgan fingerprint density at radius 1 is 0.194 bits per heavy atom. The summed E-state index contributed by atoms with van der Waals surface area (Å²) >= 11 is 0. The summed E-state index contributed by atoms with van der Waals surface area (Å²) in [5.74, 6) is 9.52. The van der Waals surface area contributed by atoms with Gasteiger partial charge in [-0.05, 0) is 252 Å². The number of nitrogens with zero attached hydrogens (tertiary/aromatic N) is 4. The van der Waals surface area contributed by atoms with Gasteiger partial charge in [0.25, 0.3) is 0 Å².